The molecule has 1 fully saturated rings. The van der Waals surface area contributed by atoms with Crippen LogP contribution in [0.5, 0.6) is 0 Å². The molecule has 1 aliphatic rings. The Kier molecular flexibility index (Phi) is 3.88. The molecule has 4 heteroatoms. The first-order valence-electron chi connectivity index (χ1n) is 5.11. The topological polar surface area (TPSA) is 46.6 Å². The van der Waals surface area contributed by atoms with Crippen LogP contribution in [-0.2, 0) is 14.3 Å². The summed E-state index contributed by atoms with van der Waals surface area (Å²) in [5.74, 6) is -0.474. The third-order valence-corrected chi connectivity index (χ3v) is 2.29. The predicted molar refractivity (Wildman–Crippen MR) is 56.1 cm³/mol. The van der Waals surface area contributed by atoms with Crippen molar-refractivity contribution in [1.82, 2.24) is 4.90 Å². The molecule has 1 rings (SSSR count). The number of ketones is 1. The molecule has 0 bridgehead atoms. The smallest absolute Gasteiger partial charge is 0.309 e. The van der Waals surface area contributed by atoms with Crippen LogP contribution in [0.1, 0.15) is 19.8 Å². The highest BCUT2D eigenvalue weighted by Crippen LogP contribution is 2.28. The van der Waals surface area contributed by atoms with Gasteiger partial charge in [-0.2, -0.15) is 0 Å². The van der Waals surface area contributed by atoms with Crippen LogP contribution in [0.2, 0.25) is 0 Å². The molecule has 1 saturated carbocycles. The first kappa shape index (κ1) is 11.8. The molecule has 0 radical (unpaired) electrons. The summed E-state index contributed by atoms with van der Waals surface area (Å²) in [4.78, 5) is 24.8. The molecule has 1 atom stereocenters. The van der Waals surface area contributed by atoms with Gasteiger partial charge in [-0.05, 0) is 13.3 Å². The Hall–Kier alpha value is -1.32. The lowest BCUT2D eigenvalue weighted by atomic mass is 10.1. The summed E-state index contributed by atoms with van der Waals surface area (Å²) in [6.45, 7) is 2.14. The van der Waals surface area contributed by atoms with Crippen molar-refractivity contribution >= 4 is 11.8 Å². The van der Waals surface area contributed by atoms with Gasteiger partial charge >= 0.3 is 5.97 Å². The second-order valence-electron chi connectivity index (χ2n) is 3.90. The van der Waals surface area contributed by atoms with Crippen LogP contribution >= 0.6 is 0 Å². The van der Waals surface area contributed by atoms with E-state index in [0.717, 1.165) is 5.57 Å². The fraction of sp³-hybridized carbons (Fsp3) is 0.636. The van der Waals surface area contributed by atoms with E-state index >= 15 is 0 Å². The summed E-state index contributed by atoms with van der Waals surface area (Å²) < 4.78 is 4.90. The van der Waals surface area contributed by atoms with Gasteiger partial charge in [-0.1, -0.05) is 0 Å². The molecule has 0 heterocycles. The van der Waals surface area contributed by atoms with Gasteiger partial charge in [-0.3, -0.25) is 9.59 Å². The molecule has 0 aromatic rings. The summed E-state index contributed by atoms with van der Waals surface area (Å²) in [6.07, 6.45) is 2.58. The van der Waals surface area contributed by atoms with Crippen LogP contribution in [-0.4, -0.2) is 37.4 Å². The normalized spacial score (nSPS) is 23.3. The quantitative estimate of drug-likeness (QED) is 0.515. The number of allylic oxidation sites excluding steroid dienone is 1. The first-order valence-corrected chi connectivity index (χ1v) is 5.11. The summed E-state index contributed by atoms with van der Waals surface area (Å²) in [7, 11) is 3.72. The highest BCUT2D eigenvalue weighted by atomic mass is 16.5. The van der Waals surface area contributed by atoms with E-state index in [1.54, 1.807) is 13.1 Å². The molecule has 0 aromatic carbocycles. The molecule has 84 valence electrons. The monoisotopic (exact) mass is 211 g/mol. The zero-order valence-electron chi connectivity index (χ0n) is 9.45. The number of nitrogens with zero attached hydrogens (tertiary/aromatic N) is 1. The zero-order chi connectivity index (χ0) is 11.4. The molecule has 15 heavy (non-hydrogen) atoms. The van der Waals surface area contributed by atoms with Crippen LogP contribution in [0.4, 0.5) is 0 Å². The van der Waals surface area contributed by atoms with Gasteiger partial charge in [0.2, 0.25) is 0 Å². The minimum absolute atomic E-state index is 0.0572. The summed E-state index contributed by atoms with van der Waals surface area (Å²) in [5, 5.41) is 0. The Bertz CT molecular complexity index is 294. The van der Waals surface area contributed by atoms with Crippen LogP contribution < -0.4 is 0 Å². The van der Waals surface area contributed by atoms with Crippen molar-refractivity contribution in [2.75, 3.05) is 20.7 Å². The Morgan fingerprint density at radius 3 is 2.73 bits per heavy atom. The fourth-order valence-corrected chi connectivity index (χ4v) is 1.67. The summed E-state index contributed by atoms with van der Waals surface area (Å²) in [6, 6.07) is 0. The molecule has 0 amide bonds. The summed E-state index contributed by atoms with van der Waals surface area (Å²) in [5.41, 5.74) is 0.720. The van der Waals surface area contributed by atoms with E-state index in [-0.39, 0.29) is 17.7 Å². The molecule has 1 unspecified atom stereocenters. The van der Waals surface area contributed by atoms with Gasteiger partial charge < -0.3 is 9.64 Å². The van der Waals surface area contributed by atoms with Crippen molar-refractivity contribution in [2.24, 2.45) is 5.92 Å². The molecule has 1 aliphatic carbocycles. The maximum atomic E-state index is 11.5. The van der Waals surface area contributed by atoms with E-state index in [1.165, 1.54) is 0 Å². The molecule has 0 N–H and O–H groups in total. The maximum Gasteiger partial charge on any atom is 0.309 e. The number of rotatable bonds is 3. The van der Waals surface area contributed by atoms with Crippen molar-refractivity contribution in [2.45, 2.75) is 19.8 Å². The van der Waals surface area contributed by atoms with Crippen molar-refractivity contribution in [3.8, 4) is 0 Å². The number of carbonyl (C=O) groups excluding carboxylic acids is 2. The van der Waals surface area contributed by atoms with Crippen LogP contribution in [0.25, 0.3) is 0 Å². The van der Waals surface area contributed by atoms with E-state index < -0.39 is 0 Å². The van der Waals surface area contributed by atoms with Gasteiger partial charge in [0, 0.05) is 32.3 Å². The number of hydrogen-bond acceptors (Lipinski definition) is 4. The maximum absolute atomic E-state index is 11.5. The van der Waals surface area contributed by atoms with Gasteiger partial charge in [0.15, 0.2) is 5.78 Å². The van der Waals surface area contributed by atoms with Gasteiger partial charge in [0.1, 0.15) is 0 Å². The van der Waals surface area contributed by atoms with Crippen molar-refractivity contribution in [1.29, 1.82) is 0 Å². The standard InChI is InChI=1S/C11H17NO3/c1-4-15-11(14)8-5-9(7-12(2)3)10(13)6-8/h7-8H,4-6H2,1-3H3/b9-7-. The molecular formula is C11H17NO3. The summed E-state index contributed by atoms with van der Waals surface area (Å²) >= 11 is 0. The SMILES string of the molecule is CCOC(=O)C1CC(=O)/C(=C\N(C)C)C1. The fourth-order valence-electron chi connectivity index (χ4n) is 1.67. The molecule has 0 aliphatic heterocycles. The van der Waals surface area contributed by atoms with Crippen LogP contribution in [0.15, 0.2) is 11.8 Å². The molecular weight excluding hydrogens is 194 g/mol. The molecule has 0 spiro atoms. The van der Waals surface area contributed by atoms with Gasteiger partial charge in [-0.15, -0.1) is 0 Å². The van der Waals surface area contributed by atoms with Gasteiger partial charge in [0.05, 0.1) is 12.5 Å². The third kappa shape index (κ3) is 3.08. The second kappa shape index (κ2) is 4.96. The Morgan fingerprint density at radius 2 is 2.20 bits per heavy atom. The minimum atomic E-state index is -0.274. The number of Topliss-reactive ketones (excluding diaryl/α,β-unsaturated/α-hetero) is 1. The lowest BCUT2D eigenvalue weighted by Gasteiger charge is -2.07. The minimum Gasteiger partial charge on any atom is -0.466 e. The largest absolute Gasteiger partial charge is 0.466 e. The van der Waals surface area contributed by atoms with E-state index in [9.17, 15) is 9.59 Å². The van der Waals surface area contributed by atoms with E-state index in [2.05, 4.69) is 0 Å². The Labute approximate surface area is 89.9 Å². The van der Waals surface area contributed by atoms with E-state index in [1.807, 2.05) is 19.0 Å². The predicted octanol–water partition coefficient (Wildman–Crippen LogP) is 0.974. The average molecular weight is 211 g/mol. The number of carbonyl (C=O) groups is 2. The van der Waals surface area contributed by atoms with Crippen LogP contribution in [0, 0.1) is 5.92 Å². The number of esters is 1. The second-order valence-corrected chi connectivity index (χ2v) is 3.90. The first-order chi connectivity index (χ1) is 7.04. The molecule has 0 saturated heterocycles. The van der Waals surface area contributed by atoms with E-state index in [0.29, 0.717) is 19.4 Å². The lowest BCUT2D eigenvalue weighted by Crippen LogP contribution is -2.14. The van der Waals surface area contributed by atoms with Crippen molar-refractivity contribution in [3.63, 3.8) is 0 Å². The molecule has 0 aromatic heterocycles. The highest BCUT2D eigenvalue weighted by Gasteiger charge is 2.33. The van der Waals surface area contributed by atoms with Crippen LogP contribution in [0.3, 0.4) is 0 Å². The number of ether oxygens (including phenoxy) is 1. The Balaban J connectivity index is 2.63. The van der Waals surface area contributed by atoms with Gasteiger partial charge in [-0.25, -0.2) is 0 Å². The zero-order valence-corrected chi connectivity index (χ0v) is 9.45. The third-order valence-electron chi connectivity index (χ3n) is 2.29. The Morgan fingerprint density at radius 1 is 1.53 bits per heavy atom. The van der Waals surface area contributed by atoms with Crippen molar-refractivity contribution in [3.05, 3.63) is 11.8 Å². The van der Waals surface area contributed by atoms with Gasteiger partial charge in [0.25, 0.3) is 0 Å². The average Bonchev–Trinajstić information content (AvgIpc) is 2.47. The van der Waals surface area contributed by atoms with E-state index in [4.69, 9.17) is 4.74 Å². The number of hydrogen-bond donors (Lipinski definition) is 0. The lowest BCUT2D eigenvalue weighted by molar-refractivity contribution is -0.148. The van der Waals surface area contributed by atoms with Crippen molar-refractivity contribution < 1.29 is 14.3 Å². The highest BCUT2D eigenvalue weighted by molar-refractivity contribution is 6.01. The molecule has 4 nitrogen and oxygen atoms in total.